The largest absolute Gasteiger partial charge is 0.385 e. The van der Waals surface area contributed by atoms with Crippen molar-refractivity contribution in [2.45, 2.75) is 26.7 Å². The van der Waals surface area contributed by atoms with Gasteiger partial charge < -0.3 is 15.4 Å². The highest BCUT2D eigenvalue weighted by atomic mass is 16.1. The minimum Gasteiger partial charge on any atom is -0.385 e. The van der Waals surface area contributed by atoms with Gasteiger partial charge in [0.05, 0.1) is 0 Å². The summed E-state index contributed by atoms with van der Waals surface area (Å²) >= 11 is 0. The maximum Gasteiger partial charge on any atom is 0.121 e. The molecule has 94 valence electrons. The molecule has 0 heterocycles. The monoisotopic (exact) mass is 234 g/mol. The molecule has 1 rings (SSSR count). The molecule has 0 aliphatic carbocycles. The number of nitrogens with one attached hydrogen (secondary N) is 2. The van der Waals surface area contributed by atoms with Crippen LogP contribution in [0.25, 0.3) is 0 Å². The molecule has 3 heteroatoms. The lowest BCUT2D eigenvalue weighted by atomic mass is 10.1. The molecule has 0 aromatic heterocycles. The van der Waals surface area contributed by atoms with Crippen LogP contribution in [0, 0.1) is 13.8 Å². The van der Waals surface area contributed by atoms with Crippen LogP contribution in [0.15, 0.2) is 18.2 Å². The third-order valence-electron chi connectivity index (χ3n) is 2.89. The van der Waals surface area contributed by atoms with E-state index in [4.69, 9.17) is 0 Å². The van der Waals surface area contributed by atoms with Crippen molar-refractivity contribution < 1.29 is 4.79 Å². The lowest BCUT2D eigenvalue weighted by Gasteiger charge is -2.11. The molecule has 1 aromatic rings. The second-order valence-corrected chi connectivity index (χ2v) is 4.23. The van der Waals surface area contributed by atoms with Crippen LogP contribution >= 0.6 is 0 Å². The van der Waals surface area contributed by atoms with E-state index in [1.54, 1.807) is 0 Å². The topological polar surface area (TPSA) is 41.1 Å². The quantitative estimate of drug-likeness (QED) is 0.535. The van der Waals surface area contributed by atoms with Crippen molar-refractivity contribution in [2.75, 3.05) is 25.0 Å². The van der Waals surface area contributed by atoms with Gasteiger partial charge in [0.25, 0.3) is 0 Å². The molecule has 0 saturated heterocycles. The van der Waals surface area contributed by atoms with Crippen LogP contribution in [-0.4, -0.2) is 25.9 Å². The van der Waals surface area contributed by atoms with Gasteiger partial charge in [-0.3, -0.25) is 0 Å². The van der Waals surface area contributed by atoms with Crippen LogP contribution in [-0.2, 0) is 4.79 Å². The lowest BCUT2D eigenvalue weighted by molar-refractivity contribution is -0.107. The van der Waals surface area contributed by atoms with Crippen molar-refractivity contribution in [3.05, 3.63) is 29.3 Å². The summed E-state index contributed by atoms with van der Waals surface area (Å²) in [7, 11) is 0. The molecule has 0 radical (unpaired) electrons. The fourth-order valence-corrected chi connectivity index (χ4v) is 1.67. The molecule has 0 fully saturated rings. The van der Waals surface area contributed by atoms with E-state index < -0.39 is 0 Å². The second-order valence-electron chi connectivity index (χ2n) is 4.23. The first-order valence-corrected chi connectivity index (χ1v) is 6.20. The highest BCUT2D eigenvalue weighted by molar-refractivity contribution is 5.53. The summed E-state index contributed by atoms with van der Waals surface area (Å²) < 4.78 is 0. The molecule has 1 aromatic carbocycles. The fraction of sp³-hybridized carbons (Fsp3) is 0.500. The second kappa shape index (κ2) is 7.85. The van der Waals surface area contributed by atoms with Crippen molar-refractivity contribution in [3.8, 4) is 0 Å². The fourth-order valence-electron chi connectivity index (χ4n) is 1.67. The summed E-state index contributed by atoms with van der Waals surface area (Å²) in [6, 6.07) is 6.32. The van der Waals surface area contributed by atoms with Crippen LogP contribution in [0.3, 0.4) is 0 Å². The number of aryl methyl sites for hydroxylation is 1. The molecule has 0 aliphatic heterocycles. The zero-order valence-electron chi connectivity index (χ0n) is 10.8. The van der Waals surface area contributed by atoms with Gasteiger partial charge in [0, 0.05) is 25.2 Å². The van der Waals surface area contributed by atoms with E-state index in [2.05, 4.69) is 42.7 Å². The van der Waals surface area contributed by atoms with Gasteiger partial charge in [-0.15, -0.1) is 0 Å². The van der Waals surface area contributed by atoms with Crippen molar-refractivity contribution >= 4 is 12.0 Å². The number of anilines is 1. The molecule has 17 heavy (non-hydrogen) atoms. The van der Waals surface area contributed by atoms with Gasteiger partial charge in [-0.1, -0.05) is 12.1 Å². The third kappa shape index (κ3) is 5.00. The maximum absolute atomic E-state index is 10.1. The molecule has 0 atom stereocenters. The first-order chi connectivity index (χ1) is 8.25. The van der Waals surface area contributed by atoms with E-state index in [-0.39, 0.29) is 0 Å². The van der Waals surface area contributed by atoms with Crippen LogP contribution in [0.5, 0.6) is 0 Å². The maximum atomic E-state index is 10.1. The van der Waals surface area contributed by atoms with Gasteiger partial charge in [-0.05, 0) is 44.0 Å². The van der Waals surface area contributed by atoms with Gasteiger partial charge >= 0.3 is 0 Å². The van der Waals surface area contributed by atoms with E-state index >= 15 is 0 Å². The Morgan fingerprint density at radius 2 is 2.00 bits per heavy atom. The zero-order valence-corrected chi connectivity index (χ0v) is 10.8. The van der Waals surface area contributed by atoms with Gasteiger partial charge in [0.1, 0.15) is 6.29 Å². The number of carbonyl (C=O) groups is 1. The minimum atomic E-state index is 0.602. The van der Waals surface area contributed by atoms with E-state index in [1.807, 2.05) is 0 Å². The van der Waals surface area contributed by atoms with Gasteiger partial charge in [-0.2, -0.15) is 0 Å². The van der Waals surface area contributed by atoms with E-state index in [9.17, 15) is 4.79 Å². The highest BCUT2D eigenvalue weighted by Crippen LogP contribution is 2.17. The summed E-state index contributed by atoms with van der Waals surface area (Å²) in [6.45, 7) is 6.96. The van der Waals surface area contributed by atoms with Crippen LogP contribution in [0.4, 0.5) is 5.69 Å². The molecule has 0 unspecified atom stereocenters. The van der Waals surface area contributed by atoms with Crippen molar-refractivity contribution in [2.24, 2.45) is 0 Å². The Balaban J connectivity index is 2.18. The first kappa shape index (κ1) is 13.7. The van der Waals surface area contributed by atoms with Crippen LogP contribution < -0.4 is 10.6 Å². The van der Waals surface area contributed by atoms with Gasteiger partial charge in [-0.25, -0.2) is 0 Å². The van der Waals surface area contributed by atoms with Gasteiger partial charge in [0.2, 0.25) is 0 Å². The lowest BCUT2D eigenvalue weighted by Crippen LogP contribution is -2.19. The molecular weight excluding hydrogens is 212 g/mol. The molecule has 0 spiro atoms. The van der Waals surface area contributed by atoms with Crippen molar-refractivity contribution in [1.29, 1.82) is 0 Å². The normalized spacial score (nSPS) is 10.2. The summed E-state index contributed by atoms with van der Waals surface area (Å²) in [5, 5.41) is 6.66. The Kier molecular flexibility index (Phi) is 6.33. The summed E-state index contributed by atoms with van der Waals surface area (Å²) in [5.41, 5.74) is 3.86. The number of rotatable bonds is 8. The smallest absolute Gasteiger partial charge is 0.121 e. The Morgan fingerprint density at radius 3 is 2.76 bits per heavy atom. The predicted molar refractivity (Wildman–Crippen MR) is 72.6 cm³/mol. The summed E-state index contributed by atoms with van der Waals surface area (Å²) in [4.78, 5) is 10.1. The Labute approximate surface area is 104 Å². The van der Waals surface area contributed by atoms with E-state index in [0.717, 1.165) is 32.3 Å². The van der Waals surface area contributed by atoms with E-state index in [1.165, 1.54) is 16.8 Å². The molecular formula is C14H22N2O. The number of benzene rings is 1. The molecule has 0 saturated carbocycles. The Morgan fingerprint density at radius 1 is 1.18 bits per heavy atom. The molecule has 0 aliphatic rings. The standard InChI is InChI=1S/C14H22N2O/c1-12-6-3-7-14(13(12)2)16-10-4-8-15-9-5-11-17/h3,6-7,11,15-16H,4-5,8-10H2,1-2H3. The van der Waals surface area contributed by atoms with Crippen LogP contribution in [0.2, 0.25) is 0 Å². The van der Waals surface area contributed by atoms with Crippen molar-refractivity contribution in [1.82, 2.24) is 5.32 Å². The predicted octanol–water partition coefficient (Wildman–Crippen LogP) is 2.28. The van der Waals surface area contributed by atoms with Crippen LogP contribution in [0.1, 0.15) is 24.0 Å². The highest BCUT2D eigenvalue weighted by Gasteiger charge is 1.98. The van der Waals surface area contributed by atoms with Crippen molar-refractivity contribution in [3.63, 3.8) is 0 Å². The molecule has 2 N–H and O–H groups in total. The molecule has 0 amide bonds. The summed E-state index contributed by atoms with van der Waals surface area (Å²) in [6.07, 6.45) is 2.61. The number of carbonyl (C=O) groups excluding carboxylic acids is 1. The third-order valence-corrected chi connectivity index (χ3v) is 2.89. The molecule has 0 bridgehead atoms. The zero-order chi connectivity index (χ0) is 12.5. The number of aldehydes is 1. The number of hydrogen-bond acceptors (Lipinski definition) is 3. The van der Waals surface area contributed by atoms with E-state index in [0.29, 0.717) is 6.42 Å². The first-order valence-electron chi connectivity index (χ1n) is 6.20. The summed E-state index contributed by atoms with van der Waals surface area (Å²) in [5.74, 6) is 0. The SMILES string of the molecule is Cc1cccc(NCCCNCCC=O)c1C. The Bertz CT molecular complexity index is 350. The average Bonchev–Trinajstić information content (AvgIpc) is 2.33. The average molecular weight is 234 g/mol. The van der Waals surface area contributed by atoms with Gasteiger partial charge in [0.15, 0.2) is 0 Å². The molecule has 3 nitrogen and oxygen atoms in total. The minimum absolute atomic E-state index is 0.602. The number of hydrogen-bond donors (Lipinski definition) is 2. The Hall–Kier alpha value is -1.35.